The molecule has 1 atom stereocenters. The molecule has 1 aromatic carbocycles. The predicted octanol–water partition coefficient (Wildman–Crippen LogP) is 1.82. The van der Waals surface area contributed by atoms with E-state index < -0.39 is 0 Å². The lowest BCUT2D eigenvalue weighted by Crippen LogP contribution is -2.38. The molecule has 0 radical (unpaired) electrons. The van der Waals surface area contributed by atoms with Gasteiger partial charge in [-0.3, -0.25) is 4.79 Å². The summed E-state index contributed by atoms with van der Waals surface area (Å²) in [6, 6.07) is 7.11. The standard InChI is InChI=1S/C15H21N3O2/c1-11-5-6-13(10-16)9-14(11)18-12(2)15(19)17-7-4-8-20-3/h5-6,9,12,18H,4,7-8H2,1-3H3,(H,17,19). The van der Waals surface area contributed by atoms with Crippen molar-refractivity contribution in [3.05, 3.63) is 29.3 Å². The quantitative estimate of drug-likeness (QED) is 0.744. The lowest BCUT2D eigenvalue weighted by molar-refractivity contribution is -0.121. The summed E-state index contributed by atoms with van der Waals surface area (Å²) in [7, 11) is 1.64. The van der Waals surface area contributed by atoms with Gasteiger partial charge in [-0.25, -0.2) is 0 Å². The van der Waals surface area contributed by atoms with Crippen molar-refractivity contribution in [1.29, 1.82) is 5.26 Å². The fourth-order valence-electron chi connectivity index (χ4n) is 1.73. The predicted molar refractivity (Wildman–Crippen MR) is 78.5 cm³/mol. The third-order valence-corrected chi connectivity index (χ3v) is 2.96. The normalized spacial score (nSPS) is 11.5. The largest absolute Gasteiger partial charge is 0.385 e. The van der Waals surface area contributed by atoms with Gasteiger partial charge in [0.2, 0.25) is 5.91 Å². The van der Waals surface area contributed by atoms with E-state index in [1.54, 1.807) is 26.2 Å². The molecule has 0 bridgehead atoms. The number of carbonyl (C=O) groups excluding carboxylic acids is 1. The van der Waals surface area contributed by atoms with Gasteiger partial charge in [0.1, 0.15) is 6.04 Å². The van der Waals surface area contributed by atoms with E-state index in [4.69, 9.17) is 10.00 Å². The molecule has 0 aliphatic heterocycles. The molecule has 20 heavy (non-hydrogen) atoms. The van der Waals surface area contributed by atoms with E-state index in [2.05, 4.69) is 16.7 Å². The van der Waals surface area contributed by atoms with E-state index in [9.17, 15) is 4.79 Å². The average molecular weight is 275 g/mol. The number of ether oxygens (including phenoxy) is 1. The van der Waals surface area contributed by atoms with Crippen LogP contribution < -0.4 is 10.6 Å². The SMILES string of the molecule is COCCCNC(=O)C(C)Nc1cc(C#N)ccc1C. The van der Waals surface area contributed by atoms with E-state index in [1.807, 2.05) is 13.0 Å². The van der Waals surface area contributed by atoms with Crippen LogP contribution in [0.25, 0.3) is 0 Å². The number of nitriles is 1. The summed E-state index contributed by atoms with van der Waals surface area (Å²) in [6.45, 7) is 4.96. The van der Waals surface area contributed by atoms with Crippen molar-refractivity contribution in [3.8, 4) is 6.07 Å². The van der Waals surface area contributed by atoms with E-state index in [0.29, 0.717) is 18.7 Å². The molecule has 5 nitrogen and oxygen atoms in total. The monoisotopic (exact) mass is 275 g/mol. The molecule has 0 aromatic heterocycles. The minimum Gasteiger partial charge on any atom is -0.385 e. The summed E-state index contributed by atoms with van der Waals surface area (Å²) in [5, 5.41) is 14.9. The average Bonchev–Trinajstić information content (AvgIpc) is 2.45. The van der Waals surface area contributed by atoms with Gasteiger partial charge in [-0.05, 0) is 38.0 Å². The Bertz CT molecular complexity index is 494. The Morgan fingerprint density at radius 1 is 1.50 bits per heavy atom. The van der Waals surface area contributed by atoms with Gasteiger partial charge in [0, 0.05) is 25.9 Å². The van der Waals surface area contributed by atoms with Crippen molar-refractivity contribution in [1.82, 2.24) is 5.32 Å². The maximum absolute atomic E-state index is 11.9. The van der Waals surface area contributed by atoms with Gasteiger partial charge in [0.25, 0.3) is 0 Å². The van der Waals surface area contributed by atoms with E-state index in [-0.39, 0.29) is 11.9 Å². The first-order chi connectivity index (χ1) is 9.58. The number of carbonyl (C=O) groups is 1. The summed E-state index contributed by atoms with van der Waals surface area (Å²) in [6.07, 6.45) is 0.790. The Morgan fingerprint density at radius 3 is 2.90 bits per heavy atom. The van der Waals surface area contributed by atoms with Gasteiger partial charge in [0.05, 0.1) is 11.6 Å². The molecular weight excluding hydrogens is 254 g/mol. The number of nitrogens with zero attached hydrogens (tertiary/aromatic N) is 1. The topological polar surface area (TPSA) is 74.2 Å². The minimum absolute atomic E-state index is 0.0668. The van der Waals surface area contributed by atoms with Gasteiger partial charge in [0.15, 0.2) is 0 Å². The number of nitrogens with one attached hydrogen (secondary N) is 2. The zero-order chi connectivity index (χ0) is 15.0. The number of methoxy groups -OCH3 is 1. The molecular formula is C15H21N3O2. The number of anilines is 1. The van der Waals surface area contributed by atoms with Crippen LogP contribution in [0.5, 0.6) is 0 Å². The van der Waals surface area contributed by atoms with Crippen molar-refractivity contribution in [3.63, 3.8) is 0 Å². The maximum Gasteiger partial charge on any atom is 0.242 e. The summed E-state index contributed by atoms with van der Waals surface area (Å²) in [4.78, 5) is 11.9. The number of hydrogen-bond acceptors (Lipinski definition) is 4. The first kappa shape index (κ1) is 16.0. The highest BCUT2D eigenvalue weighted by molar-refractivity contribution is 5.84. The van der Waals surface area contributed by atoms with E-state index >= 15 is 0 Å². The second kappa shape index (κ2) is 8.18. The van der Waals surface area contributed by atoms with Crippen molar-refractivity contribution in [2.24, 2.45) is 0 Å². The van der Waals surface area contributed by atoms with Crippen LogP contribution in [-0.4, -0.2) is 32.2 Å². The smallest absolute Gasteiger partial charge is 0.242 e. The maximum atomic E-state index is 11.9. The van der Waals surface area contributed by atoms with Crippen LogP contribution in [0.4, 0.5) is 5.69 Å². The van der Waals surface area contributed by atoms with Crippen LogP contribution in [0.2, 0.25) is 0 Å². The Balaban J connectivity index is 2.55. The molecule has 1 aromatic rings. The van der Waals surface area contributed by atoms with Crippen LogP contribution >= 0.6 is 0 Å². The zero-order valence-electron chi connectivity index (χ0n) is 12.2. The van der Waals surface area contributed by atoms with Crippen molar-refractivity contribution in [2.45, 2.75) is 26.3 Å². The summed E-state index contributed by atoms with van der Waals surface area (Å²) >= 11 is 0. The molecule has 1 unspecified atom stereocenters. The van der Waals surface area contributed by atoms with Crippen LogP contribution in [0.15, 0.2) is 18.2 Å². The molecule has 2 N–H and O–H groups in total. The number of aryl methyl sites for hydroxylation is 1. The van der Waals surface area contributed by atoms with Crippen molar-refractivity contribution in [2.75, 3.05) is 25.6 Å². The summed E-state index contributed by atoms with van der Waals surface area (Å²) < 4.78 is 4.92. The van der Waals surface area contributed by atoms with Gasteiger partial charge in [-0.1, -0.05) is 6.07 Å². The van der Waals surface area contributed by atoms with Gasteiger partial charge >= 0.3 is 0 Å². The molecule has 0 saturated heterocycles. The highest BCUT2D eigenvalue weighted by atomic mass is 16.5. The molecule has 0 saturated carbocycles. The van der Waals surface area contributed by atoms with Gasteiger partial charge in [-0.2, -0.15) is 5.26 Å². The van der Waals surface area contributed by atoms with Gasteiger partial charge < -0.3 is 15.4 Å². The molecule has 0 aliphatic carbocycles. The van der Waals surface area contributed by atoms with Crippen molar-refractivity contribution >= 4 is 11.6 Å². The molecule has 5 heteroatoms. The fraction of sp³-hybridized carbons (Fsp3) is 0.467. The fourth-order valence-corrected chi connectivity index (χ4v) is 1.73. The molecule has 0 spiro atoms. The Kier molecular flexibility index (Phi) is 6.54. The number of benzene rings is 1. The van der Waals surface area contributed by atoms with Crippen molar-refractivity contribution < 1.29 is 9.53 Å². The Morgan fingerprint density at radius 2 is 2.25 bits per heavy atom. The van der Waals surface area contributed by atoms with E-state index in [1.165, 1.54) is 0 Å². The third kappa shape index (κ3) is 4.90. The lowest BCUT2D eigenvalue weighted by Gasteiger charge is -2.17. The second-order valence-corrected chi connectivity index (χ2v) is 4.64. The number of amides is 1. The van der Waals surface area contributed by atoms with Crippen LogP contribution in [0, 0.1) is 18.3 Å². The molecule has 1 amide bonds. The summed E-state index contributed by atoms with van der Waals surface area (Å²) in [5.41, 5.74) is 2.39. The van der Waals surface area contributed by atoms with Gasteiger partial charge in [-0.15, -0.1) is 0 Å². The van der Waals surface area contributed by atoms with Crippen LogP contribution in [0.1, 0.15) is 24.5 Å². The molecule has 0 aliphatic rings. The first-order valence-electron chi connectivity index (χ1n) is 6.62. The lowest BCUT2D eigenvalue weighted by atomic mass is 10.1. The highest BCUT2D eigenvalue weighted by Gasteiger charge is 2.13. The number of hydrogen-bond donors (Lipinski definition) is 2. The highest BCUT2D eigenvalue weighted by Crippen LogP contribution is 2.17. The van der Waals surface area contributed by atoms with Crippen LogP contribution in [-0.2, 0) is 9.53 Å². The Labute approximate surface area is 119 Å². The second-order valence-electron chi connectivity index (χ2n) is 4.64. The minimum atomic E-state index is -0.356. The van der Waals surface area contributed by atoms with Crippen LogP contribution in [0.3, 0.4) is 0 Å². The zero-order valence-corrected chi connectivity index (χ0v) is 12.2. The molecule has 108 valence electrons. The molecule has 1 rings (SSSR count). The number of rotatable bonds is 7. The first-order valence-corrected chi connectivity index (χ1v) is 6.62. The third-order valence-electron chi connectivity index (χ3n) is 2.96. The molecule has 0 fully saturated rings. The van der Waals surface area contributed by atoms with E-state index in [0.717, 1.165) is 17.7 Å². The molecule has 0 heterocycles. The Hall–Kier alpha value is -2.06. The summed E-state index contributed by atoms with van der Waals surface area (Å²) in [5.74, 6) is -0.0668.